The molecule has 132 valence electrons. The molecule has 0 radical (unpaired) electrons. The molecule has 1 aliphatic carbocycles. The summed E-state index contributed by atoms with van der Waals surface area (Å²) in [6.45, 7) is 4.87. The van der Waals surface area contributed by atoms with Gasteiger partial charge in [0.2, 0.25) is 0 Å². The predicted octanol–water partition coefficient (Wildman–Crippen LogP) is 2.53. The molecule has 0 bridgehead atoms. The summed E-state index contributed by atoms with van der Waals surface area (Å²) in [6, 6.07) is 4.03. The molecule has 6 nitrogen and oxygen atoms in total. The van der Waals surface area contributed by atoms with Crippen LogP contribution < -0.4 is 10.2 Å². The van der Waals surface area contributed by atoms with Crippen molar-refractivity contribution in [1.82, 2.24) is 15.3 Å². The number of nitrogens with one attached hydrogen (secondary N) is 1. The number of pyridine rings is 2. The van der Waals surface area contributed by atoms with E-state index >= 15 is 0 Å². The molecule has 1 aliphatic heterocycles. The quantitative estimate of drug-likeness (QED) is 0.879. The maximum Gasteiger partial charge on any atom is 0.253 e. The number of carbonyl (C=O) groups excluding carboxylic acids is 1. The monoisotopic (exact) mass is 360 g/mol. The summed E-state index contributed by atoms with van der Waals surface area (Å²) in [7, 11) is 0. The van der Waals surface area contributed by atoms with Gasteiger partial charge in [-0.05, 0) is 45.2 Å². The lowest BCUT2D eigenvalue weighted by atomic mass is 9.77. The van der Waals surface area contributed by atoms with E-state index in [4.69, 9.17) is 11.6 Å². The molecule has 25 heavy (non-hydrogen) atoms. The molecule has 2 aromatic rings. The van der Waals surface area contributed by atoms with Crippen molar-refractivity contribution < 1.29 is 9.90 Å². The number of amides is 1. The van der Waals surface area contributed by atoms with Crippen molar-refractivity contribution in [1.29, 1.82) is 0 Å². The zero-order chi connectivity index (χ0) is 17.8. The third-order valence-electron chi connectivity index (χ3n) is 5.16. The topological polar surface area (TPSA) is 78.4 Å². The first-order valence-corrected chi connectivity index (χ1v) is 8.96. The van der Waals surface area contributed by atoms with E-state index in [0.717, 1.165) is 24.2 Å². The fraction of sp³-hybridized carbons (Fsp3) is 0.500. The second-order valence-corrected chi connectivity index (χ2v) is 7.88. The summed E-state index contributed by atoms with van der Waals surface area (Å²) >= 11 is 6.39. The zero-order valence-electron chi connectivity index (χ0n) is 14.3. The third-order valence-corrected chi connectivity index (χ3v) is 5.44. The highest BCUT2D eigenvalue weighted by Crippen LogP contribution is 2.33. The Morgan fingerprint density at radius 2 is 2.20 bits per heavy atom. The van der Waals surface area contributed by atoms with E-state index in [0.29, 0.717) is 35.1 Å². The van der Waals surface area contributed by atoms with Crippen LogP contribution >= 0.6 is 11.6 Å². The first-order chi connectivity index (χ1) is 11.8. The van der Waals surface area contributed by atoms with Crippen LogP contribution in [-0.4, -0.2) is 45.2 Å². The van der Waals surface area contributed by atoms with Crippen LogP contribution in [0.2, 0.25) is 5.02 Å². The van der Waals surface area contributed by atoms with Gasteiger partial charge < -0.3 is 15.3 Å². The highest BCUT2D eigenvalue weighted by molar-refractivity contribution is 6.33. The van der Waals surface area contributed by atoms with Gasteiger partial charge in [-0.2, -0.15) is 0 Å². The van der Waals surface area contributed by atoms with Crippen molar-refractivity contribution in [3.8, 4) is 0 Å². The molecule has 2 aromatic heterocycles. The number of rotatable bonds is 3. The van der Waals surface area contributed by atoms with Gasteiger partial charge in [-0.25, -0.2) is 9.97 Å². The highest BCUT2D eigenvalue weighted by Gasteiger charge is 2.39. The number of aliphatic hydroxyl groups is 1. The highest BCUT2D eigenvalue weighted by atomic mass is 35.5. The van der Waals surface area contributed by atoms with Gasteiger partial charge in [-0.3, -0.25) is 4.79 Å². The Bertz CT molecular complexity index is 846. The molecule has 0 unspecified atom stereocenters. The number of aromatic nitrogens is 2. The van der Waals surface area contributed by atoms with Crippen LogP contribution in [0.1, 0.15) is 43.5 Å². The van der Waals surface area contributed by atoms with E-state index in [-0.39, 0.29) is 11.9 Å². The maximum atomic E-state index is 12.4. The normalized spacial score (nSPS) is 28.4. The number of nitrogens with zero attached hydrogens (tertiary/aromatic N) is 3. The van der Waals surface area contributed by atoms with E-state index in [1.165, 1.54) is 0 Å². The number of anilines is 1. The van der Waals surface area contributed by atoms with Crippen molar-refractivity contribution >= 4 is 34.4 Å². The standard InChI is InChI=1S/C18H21ClN4O2/c1-10-3-4-23(10)16-14(19)6-11-5-12(9-20-15(11)22-16)17(24)21-13-7-18(2,25)8-13/h5-6,9-10,13,25H,3-4,7-8H2,1-2H3,(H,21,24)/t10-,13-,18+/m0/s1. The fourth-order valence-electron chi connectivity index (χ4n) is 3.56. The summed E-state index contributed by atoms with van der Waals surface area (Å²) in [5.74, 6) is 0.570. The van der Waals surface area contributed by atoms with E-state index in [1.54, 1.807) is 19.2 Å². The molecule has 1 atom stereocenters. The Morgan fingerprint density at radius 3 is 2.80 bits per heavy atom. The Hall–Kier alpha value is -1.92. The van der Waals surface area contributed by atoms with Gasteiger partial charge in [-0.15, -0.1) is 0 Å². The summed E-state index contributed by atoms with van der Waals surface area (Å²) in [5.41, 5.74) is 0.394. The first kappa shape index (κ1) is 16.5. The molecule has 7 heteroatoms. The van der Waals surface area contributed by atoms with Crippen LogP contribution in [0.5, 0.6) is 0 Å². The average molecular weight is 361 g/mol. The SMILES string of the molecule is C[C@H]1CCN1c1nc2ncc(C(=O)N[C@H]3C[C@@](C)(O)C3)cc2cc1Cl. The summed E-state index contributed by atoms with van der Waals surface area (Å²) < 4.78 is 0. The Kier molecular flexibility index (Phi) is 3.85. The van der Waals surface area contributed by atoms with Gasteiger partial charge in [0.15, 0.2) is 5.65 Å². The van der Waals surface area contributed by atoms with Crippen molar-refractivity contribution in [3.63, 3.8) is 0 Å². The van der Waals surface area contributed by atoms with Crippen LogP contribution in [-0.2, 0) is 0 Å². The lowest BCUT2D eigenvalue weighted by Gasteiger charge is -2.41. The third kappa shape index (κ3) is 3.04. The Labute approximate surface area is 151 Å². The fourth-order valence-corrected chi connectivity index (χ4v) is 3.83. The average Bonchev–Trinajstić information content (AvgIpc) is 2.51. The molecule has 0 aromatic carbocycles. The molecule has 1 saturated heterocycles. The number of fused-ring (bicyclic) bond motifs is 1. The van der Waals surface area contributed by atoms with Crippen molar-refractivity contribution in [3.05, 3.63) is 28.9 Å². The van der Waals surface area contributed by atoms with Gasteiger partial charge in [0, 0.05) is 30.2 Å². The van der Waals surface area contributed by atoms with Gasteiger partial charge in [0.25, 0.3) is 5.91 Å². The van der Waals surface area contributed by atoms with Crippen molar-refractivity contribution in [2.75, 3.05) is 11.4 Å². The molecule has 0 spiro atoms. The van der Waals surface area contributed by atoms with Gasteiger partial charge in [-0.1, -0.05) is 11.6 Å². The number of hydrogen-bond donors (Lipinski definition) is 2. The number of hydrogen-bond acceptors (Lipinski definition) is 5. The zero-order valence-corrected chi connectivity index (χ0v) is 15.0. The van der Waals surface area contributed by atoms with E-state index in [9.17, 15) is 9.90 Å². The van der Waals surface area contributed by atoms with Crippen molar-refractivity contribution in [2.24, 2.45) is 0 Å². The molecule has 1 amide bonds. The lowest BCUT2D eigenvalue weighted by Crippen LogP contribution is -2.53. The minimum Gasteiger partial charge on any atom is -0.390 e. The van der Waals surface area contributed by atoms with E-state index in [2.05, 4.69) is 27.1 Å². The molecule has 3 heterocycles. The second-order valence-electron chi connectivity index (χ2n) is 7.47. The molecule has 4 rings (SSSR count). The molecular formula is C18H21ClN4O2. The van der Waals surface area contributed by atoms with Crippen LogP contribution in [0.3, 0.4) is 0 Å². The number of halogens is 1. The molecule has 2 fully saturated rings. The molecule has 2 aliphatic rings. The summed E-state index contributed by atoms with van der Waals surface area (Å²) in [4.78, 5) is 23.4. The van der Waals surface area contributed by atoms with Crippen LogP contribution in [0, 0.1) is 0 Å². The largest absolute Gasteiger partial charge is 0.390 e. The Morgan fingerprint density at radius 1 is 1.44 bits per heavy atom. The Balaban J connectivity index is 1.56. The van der Waals surface area contributed by atoms with E-state index in [1.807, 2.05) is 6.07 Å². The maximum absolute atomic E-state index is 12.4. The minimum atomic E-state index is -0.665. The van der Waals surface area contributed by atoms with Gasteiger partial charge >= 0.3 is 0 Å². The minimum absolute atomic E-state index is 0.00944. The summed E-state index contributed by atoms with van der Waals surface area (Å²) in [5, 5.41) is 14.0. The molecular weight excluding hydrogens is 340 g/mol. The second kappa shape index (κ2) is 5.81. The van der Waals surface area contributed by atoms with E-state index < -0.39 is 5.60 Å². The molecule has 2 N–H and O–H groups in total. The molecule has 1 saturated carbocycles. The smallest absolute Gasteiger partial charge is 0.253 e. The number of carbonyl (C=O) groups is 1. The van der Waals surface area contributed by atoms with Crippen LogP contribution in [0.4, 0.5) is 5.82 Å². The first-order valence-electron chi connectivity index (χ1n) is 8.59. The van der Waals surface area contributed by atoms with Gasteiger partial charge in [0.1, 0.15) is 5.82 Å². The lowest BCUT2D eigenvalue weighted by molar-refractivity contribution is -0.0366. The summed E-state index contributed by atoms with van der Waals surface area (Å²) in [6.07, 6.45) is 3.82. The van der Waals surface area contributed by atoms with Crippen molar-refractivity contribution in [2.45, 2.75) is 50.8 Å². The van der Waals surface area contributed by atoms with Gasteiger partial charge in [0.05, 0.1) is 16.2 Å². The van der Waals surface area contributed by atoms with Crippen LogP contribution in [0.25, 0.3) is 11.0 Å². The van der Waals surface area contributed by atoms with Crippen LogP contribution in [0.15, 0.2) is 18.3 Å². The predicted molar refractivity (Wildman–Crippen MR) is 97.1 cm³/mol.